The molecule has 19 heavy (non-hydrogen) atoms. The van der Waals surface area contributed by atoms with E-state index in [2.05, 4.69) is 45.2 Å². The predicted octanol–water partition coefficient (Wildman–Crippen LogP) is 4.87. The summed E-state index contributed by atoms with van der Waals surface area (Å²) in [5, 5.41) is 0.950. The van der Waals surface area contributed by atoms with Crippen LogP contribution in [-0.4, -0.2) is 5.78 Å². The summed E-state index contributed by atoms with van der Waals surface area (Å²) < 4.78 is 7.66. The fourth-order valence-electron chi connectivity index (χ4n) is 1.91. The van der Waals surface area contributed by atoms with Crippen molar-refractivity contribution in [1.29, 1.82) is 0 Å². The van der Waals surface area contributed by atoms with E-state index < -0.39 is 0 Å². The van der Waals surface area contributed by atoms with Gasteiger partial charge in [0, 0.05) is 18.1 Å². The lowest BCUT2D eigenvalue weighted by molar-refractivity contribution is 0.101. The molecule has 1 heterocycles. The molecule has 3 rings (SSSR count). The minimum Gasteiger partial charge on any atom is -0.453 e. The number of benzene rings is 2. The van der Waals surface area contributed by atoms with Crippen LogP contribution in [0.25, 0.3) is 11.0 Å². The summed E-state index contributed by atoms with van der Waals surface area (Å²) in [4.78, 5) is 12.5. The van der Waals surface area contributed by atoms with Gasteiger partial charge in [0.2, 0.25) is 5.78 Å². The second kappa shape index (κ2) is 5.24. The van der Waals surface area contributed by atoms with E-state index in [1.807, 2.05) is 42.5 Å². The molecule has 0 unspecified atom stereocenters. The van der Waals surface area contributed by atoms with Gasteiger partial charge in [0.15, 0.2) is 5.76 Å². The zero-order valence-corrected chi connectivity index (χ0v) is 14.0. The molecule has 1 aromatic heterocycles. The molecule has 3 aromatic rings. The summed E-state index contributed by atoms with van der Waals surface area (Å²) in [5.74, 6) is 0.320. The molecule has 0 atom stereocenters. The van der Waals surface area contributed by atoms with Gasteiger partial charge in [0.05, 0.1) is 0 Å². The minimum absolute atomic E-state index is 0.0703. The van der Waals surface area contributed by atoms with Crippen LogP contribution in [0.1, 0.15) is 16.1 Å². The van der Waals surface area contributed by atoms with Crippen molar-refractivity contribution >= 4 is 61.9 Å². The number of ketones is 1. The largest absolute Gasteiger partial charge is 0.453 e. The number of carbonyl (C=O) groups is 1. The number of fused-ring (bicyclic) bond motifs is 1. The van der Waals surface area contributed by atoms with E-state index in [0.717, 1.165) is 18.1 Å². The Labute approximate surface area is 137 Å². The van der Waals surface area contributed by atoms with Crippen molar-refractivity contribution in [3.63, 3.8) is 0 Å². The molecule has 0 radical (unpaired) electrons. The van der Waals surface area contributed by atoms with Crippen LogP contribution in [0.4, 0.5) is 0 Å². The van der Waals surface area contributed by atoms with E-state index in [1.54, 1.807) is 6.07 Å². The zero-order valence-electron chi connectivity index (χ0n) is 9.69. The normalized spacial score (nSPS) is 10.8. The molecule has 0 saturated carbocycles. The average molecular weight is 474 g/mol. The first-order valence-electron chi connectivity index (χ1n) is 5.64. The maximum atomic E-state index is 12.5. The van der Waals surface area contributed by atoms with Crippen molar-refractivity contribution in [2.24, 2.45) is 0 Å². The van der Waals surface area contributed by atoms with Crippen LogP contribution in [0.15, 0.2) is 52.9 Å². The highest BCUT2D eigenvalue weighted by Crippen LogP contribution is 2.25. The van der Waals surface area contributed by atoms with Gasteiger partial charge in [0.25, 0.3) is 0 Å². The maximum absolute atomic E-state index is 12.5. The summed E-state index contributed by atoms with van der Waals surface area (Å²) in [6, 6.07) is 15.1. The van der Waals surface area contributed by atoms with Crippen molar-refractivity contribution in [3.8, 4) is 0 Å². The molecular weight excluding hydrogens is 466 g/mol. The third kappa shape index (κ3) is 2.43. The lowest BCUT2D eigenvalue weighted by Gasteiger charge is -2.02. The fourth-order valence-corrected chi connectivity index (χ4v) is 3.01. The van der Waals surface area contributed by atoms with Gasteiger partial charge >= 0.3 is 0 Å². The van der Waals surface area contributed by atoms with Gasteiger partial charge in [-0.3, -0.25) is 4.79 Å². The Hall–Kier alpha value is -0.890. The highest BCUT2D eigenvalue weighted by Gasteiger charge is 2.17. The molecule has 94 valence electrons. The minimum atomic E-state index is -0.0703. The van der Waals surface area contributed by atoms with Gasteiger partial charge < -0.3 is 4.42 Å². The van der Waals surface area contributed by atoms with Gasteiger partial charge in [-0.25, -0.2) is 0 Å². The first-order chi connectivity index (χ1) is 9.16. The molecule has 2 aromatic carbocycles. The van der Waals surface area contributed by atoms with E-state index in [-0.39, 0.29) is 5.78 Å². The summed E-state index contributed by atoms with van der Waals surface area (Å²) in [6.07, 6.45) is 0. The Morgan fingerprint density at radius 1 is 1.00 bits per heavy atom. The smallest absolute Gasteiger partial charge is 0.229 e. The van der Waals surface area contributed by atoms with Gasteiger partial charge in [-0.2, -0.15) is 0 Å². The molecule has 0 N–H and O–H groups in total. The summed E-state index contributed by atoms with van der Waals surface area (Å²) in [6.45, 7) is 0. The number of halogens is 2. The summed E-state index contributed by atoms with van der Waals surface area (Å²) >= 11 is 4.42. The number of carbonyl (C=O) groups excluding carboxylic acids is 1. The van der Waals surface area contributed by atoms with Crippen molar-refractivity contribution in [2.75, 3.05) is 0 Å². The molecule has 0 aliphatic heterocycles. The summed E-state index contributed by atoms with van der Waals surface area (Å²) in [5.41, 5.74) is 1.43. The lowest BCUT2D eigenvalue weighted by Crippen LogP contribution is -2.03. The van der Waals surface area contributed by atoms with Crippen LogP contribution in [0.2, 0.25) is 0 Å². The maximum Gasteiger partial charge on any atom is 0.229 e. The molecule has 0 saturated heterocycles. The molecule has 0 bridgehead atoms. The Morgan fingerprint density at radius 3 is 2.58 bits per heavy atom. The Balaban J connectivity index is 2.11. The van der Waals surface area contributed by atoms with E-state index in [1.165, 1.54) is 0 Å². The number of hydrogen-bond acceptors (Lipinski definition) is 2. The number of rotatable bonds is 2. The van der Waals surface area contributed by atoms with Crippen LogP contribution in [0.3, 0.4) is 0 Å². The lowest BCUT2D eigenvalue weighted by atomic mass is 10.1. The molecule has 2 nitrogen and oxygen atoms in total. The topological polar surface area (TPSA) is 30.2 Å². The van der Waals surface area contributed by atoms with Gasteiger partial charge in [-0.15, -0.1) is 0 Å². The zero-order chi connectivity index (χ0) is 13.4. The number of para-hydroxylation sites is 1. The highest BCUT2D eigenvalue weighted by atomic mass is 127. The molecule has 0 amide bonds. The SMILES string of the molecule is O=C(c1cc2ccccc2o1)c1cccc(I)c1I. The van der Waals surface area contributed by atoms with Crippen LogP contribution in [-0.2, 0) is 0 Å². The quantitative estimate of drug-likeness (QED) is 0.392. The third-order valence-corrected chi connectivity index (χ3v) is 5.94. The van der Waals surface area contributed by atoms with Crippen LogP contribution < -0.4 is 0 Å². The first kappa shape index (κ1) is 13.1. The van der Waals surface area contributed by atoms with Gasteiger partial charge in [-0.1, -0.05) is 24.3 Å². The Morgan fingerprint density at radius 2 is 1.79 bits per heavy atom. The van der Waals surface area contributed by atoms with Gasteiger partial charge in [0.1, 0.15) is 5.58 Å². The summed E-state index contributed by atoms with van der Waals surface area (Å²) in [7, 11) is 0. The fraction of sp³-hybridized carbons (Fsp3) is 0. The van der Waals surface area contributed by atoms with E-state index in [4.69, 9.17) is 4.42 Å². The van der Waals surface area contributed by atoms with Gasteiger partial charge in [-0.05, 0) is 69.4 Å². The van der Waals surface area contributed by atoms with E-state index in [9.17, 15) is 4.79 Å². The molecule has 4 heteroatoms. The van der Waals surface area contributed by atoms with Crippen LogP contribution in [0, 0.1) is 7.14 Å². The molecule has 0 fully saturated rings. The molecule has 0 aliphatic rings. The molecular formula is C15H8I2O2. The monoisotopic (exact) mass is 474 g/mol. The number of hydrogen-bond donors (Lipinski definition) is 0. The standard InChI is InChI=1S/C15H8I2O2/c16-11-6-3-5-10(14(11)17)15(18)13-8-9-4-1-2-7-12(9)19-13/h1-8H. The number of furan rings is 1. The van der Waals surface area contributed by atoms with Crippen molar-refractivity contribution in [1.82, 2.24) is 0 Å². The Bertz CT molecular complexity index is 742. The molecule has 0 aliphatic carbocycles. The third-order valence-electron chi connectivity index (χ3n) is 2.85. The van der Waals surface area contributed by atoms with Crippen molar-refractivity contribution < 1.29 is 9.21 Å². The van der Waals surface area contributed by atoms with E-state index >= 15 is 0 Å². The average Bonchev–Trinajstić information content (AvgIpc) is 2.85. The van der Waals surface area contributed by atoms with Crippen molar-refractivity contribution in [2.45, 2.75) is 0 Å². The van der Waals surface area contributed by atoms with Crippen LogP contribution in [0.5, 0.6) is 0 Å². The van der Waals surface area contributed by atoms with E-state index in [0.29, 0.717) is 11.3 Å². The molecule has 0 spiro atoms. The highest BCUT2D eigenvalue weighted by molar-refractivity contribution is 14.1. The Kier molecular flexibility index (Phi) is 3.62. The first-order valence-corrected chi connectivity index (χ1v) is 7.80. The van der Waals surface area contributed by atoms with Crippen LogP contribution >= 0.6 is 45.2 Å². The second-order valence-corrected chi connectivity index (χ2v) is 6.32. The van der Waals surface area contributed by atoms with Crippen molar-refractivity contribution in [3.05, 3.63) is 67.0 Å². The predicted molar refractivity (Wildman–Crippen MR) is 91.5 cm³/mol. The second-order valence-electron chi connectivity index (χ2n) is 4.08.